The maximum atomic E-state index is 13.4. The normalized spacial score (nSPS) is 10.3. The first kappa shape index (κ1) is 11.4. The van der Waals surface area contributed by atoms with Crippen molar-refractivity contribution in [2.45, 2.75) is 6.92 Å². The molecule has 0 radical (unpaired) electrons. The summed E-state index contributed by atoms with van der Waals surface area (Å²) in [5.74, 6) is -1.30. The van der Waals surface area contributed by atoms with E-state index in [1.807, 2.05) is 13.0 Å². The van der Waals surface area contributed by atoms with E-state index in [1.165, 1.54) is 18.2 Å². The molecule has 0 atom stereocenters. The Morgan fingerprint density at radius 1 is 1.06 bits per heavy atom. The van der Waals surface area contributed by atoms with Crippen LogP contribution in [0.3, 0.4) is 0 Å². The Hall–Kier alpha value is -2.10. The molecule has 0 aromatic heterocycles. The van der Waals surface area contributed by atoms with Crippen molar-refractivity contribution in [3.8, 4) is 0 Å². The number of benzene rings is 2. The molecule has 0 aliphatic rings. The van der Waals surface area contributed by atoms with Crippen molar-refractivity contribution in [3.05, 3.63) is 53.6 Å². The average Bonchev–Trinajstić information content (AvgIpc) is 2.26. The first-order valence-electron chi connectivity index (χ1n) is 5.15. The van der Waals surface area contributed by atoms with Crippen molar-refractivity contribution in [1.29, 1.82) is 0 Å². The summed E-state index contributed by atoms with van der Waals surface area (Å²) >= 11 is 0. The van der Waals surface area contributed by atoms with Gasteiger partial charge in [-0.25, -0.2) is 8.78 Å². The summed E-state index contributed by atoms with van der Waals surface area (Å²) in [4.78, 5) is 0. The lowest BCUT2D eigenvalue weighted by atomic mass is 10.2. The van der Waals surface area contributed by atoms with Crippen LogP contribution in [0.4, 0.5) is 25.8 Å². The van der Waals surface area contributed by atoms with Crippen LogP contribution in [0.25, 0.3) is 0 Å². The quantitative estimate of drug-likeness (QED) is 0.779. The smallest absolute Gasteiger partial charge is 0.149 e. The largest absolute Gasteiger partial charge is 0.397 e. The molecule has 2 nitrogen and oxygen atoms in total. The molecular formula is C13H12F2N2. The first-order chi connectivity index (χ1) is 8.08. The van der Waals surface area contributed by atoms with E-state index in [2.05, 4.69) is 5.32 Å². The van der Waals surface area contributed by atoms with Gasteiger partial charge in [-0.15, -0.1) is 0 Å². The Morgan fingerprint density at radius 3 is 2.29 bits per heavy atom. The molecule has 0 aliphatic heterocycles. The summed E-state index contributed by atoms with van der Waals surface area (Å²) in [7, 11) is 0. The molecule has 0 saturated carbocycles. The maximum Gasteiger partial charge on any atom is 0.149 e. The van der Waals surface area contributed by atoms with Gasteiger partial charge in [-0.05, 0) is 36.8 Å². The number of nitrogen functional groups attached to an aromatic ring is 1. The number of para-hydroxylation sites is 1. The van der Waals surface area contributed by atoms with E-state index < -0.39 is 11.6 Å². The monoisotopic (exact) mass is 234 g/mol. The third-order valence-electron chi connectivity index (χ3n) is 2.43. The fourth-order valence-corrected chi connectivity index (χ4v) is 1.55. The second kappa shape index (κ2) is 4.41. The Kier molecular flexibility index (Phi) is 2.95. The molecule has 0 amide bonds. The van der Waals surface area contributed by atoms with Crippen LogP contribution in [0.1, 0.15) is 5.56 Å². The van der Waals surface area contributed by atoms with Gasteiger partial charge in [0.05, 0.1) is 11.4 Å². The molecule has 2 aromatic rings. The van der Waals surface area contributed by atoms with E-state index in [0.717, 1.165) is 5.56 Å². The van der Waals surface area contributed by atoms with Crippen LogP contribution in [-0.2, 0) is 0 Å². The maximum absolute atomic E-state index is 13.4. The summed E-state index contributed by atoms with van der Waals surface area (Å²) in [5, 5.41) is 2.66. The van der Waals surface area contributed by atoms with Gasteiger partial charge in [0.25, 0.3) is 0 Å². The topological polar surface area (TPSA) is 38.0 Å². The SMILES string of the molecule is Cc1ccc(Nc2c(F)cccc2F)c(N)c1. The van der Waals surface area contributed by atoms with Gasteiger partial charge in [-0.3, -0.25) is 0 Å². The number of hydrogen-bond acceptors (Lipinski definition) is 2. The van der Waals surface area contributed by atoms with Gasteiger partial charge in [-0.2, -0.15) is 0 Å². The summed E-state index contributed by atoms with van der Waals surface area (Å²) in [6.07, 6.45) is 0. The predicted octanol–water partition coefficient (Wildman–Crippen LogP) is 3.60. The average molecular weight is 234 g/mol. The number of anilines is 3. The summed E-state index contributed by atoms with van der Waals surface area (Å²) in [6, 6.07) is 8.94. The number of aryl methyl sites for hydroxylation is 1. The molecule has 2 aromatic carbocycles. The highest BCUT2D eigenvalue weighted by Gasteiger charge is 2.09. The van der Waals surface area contributed by atoms with Crippen LogP contribution in [0, 0.1) is 18.6 Å². The Balaban J connectivity index is 2.38. The van der Waals surface area contributed by atoms with E-state index >= 15 is 0 Å². The van der Waals surface area contributed by atoms with Gasteiger partial charge in [0, 0.05) is 0 Å². The van der Waals surface area contributed by atoms with Crippen LogP contribution in [0.2, 0.25) is 0 Å². The minimum absolute atomic E-state index is 0.192. The molecule has 0 saturated heterocycles. The van der Waals surface area contributed by atoms with E-state index in [1.54, 1.807) is 12.1 Å². The highest BCUT2D eigenvalue weighted by Crippen LogP contribution is 2.27. The van der Waals surface area contributed by atoms with Crippen molar-refractivity contribution in [3.63, 3.8) is 0 Å². The van der Waals surface area contributed by atoms with Crippen LogP contribution < -0.4 is 11.1 Å². The molecule has 88 valence electrons. The zero-order chi connectivity index (χ0) is 12.4. The molecule has 17 heavy (non-hydrogen) atoms. The Bertz CT molecular complexity index is 533. The zero-order valence-electron chi connectivity index (χ0n) is 9.30. The molecule has 0 fully saturated rings. The highest BCUT2D eigenvalue weighted by atomic mass is 19.1. The number of nitrogens with two attached hydrogens (primary N) is 1. The van der Waals surface area contributed by atoms with Gasteiger partial charge in [0.1, 0.15) is 17.3 Å². The molecule has 4 heteroatoms. The minimum Gasteiger partial charge on any atom is -0.397 e. The number of rotatable bonds is 2. The molecule has 2 rings (SSSR count). The third kappa shape index (κ3) is 2.36. The fraction of sp³-hybridized carbons (Fsp3) is 0.0769. The Morgan fingerprint density at radius 2 is 1.71 bits per heavy atom. The predicted molar refractivity (Wildman–Crippen MR) is 65.2 cm³/mol. The first-order valence-corrected chi connectivity index (χ1v) is 5.15. The van der Waals surface area contributed by atoms with Crippen LogP contribution in [-0.4, -0.2) is 0 Å². The lowest BCUT2D eigenvalue weighted by Gasteiger charge is -2.11. The van der Waals surface area contributed by atoms with Crippen LogP contribution in [0.5, 0.6) is 0 Å². The molecule has 0 heterocycles. The van der Waals surface area contributed by atoms with Gasteiger partial charge in [0.15, 0.2) is 0 Å². The third-order valence-corrected chi connectivity index (χ3v) is 2.43. The van der Waals surface area contributed by atoms with Crippen LogP contribution >= 0.6 is 0 Å². The molecule has 0 spiro atoms. The minimum atomic E-state index is -0.648. The molecule has 3 N–H and O–H groups in total. The van der Waals surface area contributed by atoms with Gasteiger partial charge >= 0.3 is 0 Å². The standard InChI is InChI=1S/C13H12F2N2/c1-8-5-6-12(11(16)7-8)17-13-9(14)3-2-4-10(13)15/h2-7,17H,16H2,1H3. The number of halogens is 2. The van der Waals surface area contributed by atoms with Gasteiger partial charge in [0.2, 0.25) is 0 Å². The number of hydrogen-bond donors (Lipinski definition) is 2. The molecular weight excluding hydrogens is 222 g/mol. The summed E-state index contributed by atoms with van der Waals surface area (Å²) in [6.45, 7) is 1.89. The summed E-state index contributed by atoms with van der Waals surface area (Å²) < 4.78 is 26.8. The van der Waals surface area contributed by atoms with E-state index in [-0.39, 0.29) is 5.69 Å². The number of nitrogens with one attached hydrogen (secondary N) is 1. The molecule has 0 bridgehead atoms. The van der Waals surface area contributed by atoms with Crippen molar-refractivity contribution < 1.29 is 8.78 Å². The molecule has 0 aliphatic carbocycles. The fourth-order valence-electron chi connectivity index (χ4n) is 1.55. The van der Waals surface area contributed by atoms with E-state index in [9.17, 15) is 8.78 Å². The lowest BCUT2D eigenvalue weighted by Crippen LogP contribution is -2.00. The zero-order valence-corrected chi connectivity index (χ0v) is 9.30. The van der Waals surface area contributed by atoms with Crippen molar-refractivity contribution in [1.82, 2.24) is 0 Å². The van der Waals surface area contributed by atoms with E-state index in [0.29, 0.717) is 11.4 Å². The second-order valence-electron chi connectivity index (χ2n) is 3.81. The second-order valence-corrected chi connectivity index (χ2v) is 3.81. The van der Waals surface area contributed by atoms with Gasteiger partial charge in [-0.1, -0.05) is 12.1 Å². The van der Waals surface area contributed by atoms with Crippen molar-refractivity contribution in [2.24, 2.45) is 0 Å². The molecule has 0 unspecified atom stereocenters. The summed E-state index contributed by atoms with van der Waals surface area (Å²) in [5.41, 5.74) is 7.50. The van der Waals surface area contributed by atoms with Gasteiger partial charge < -0.3 is 11.1 Å². The van der Waals surface area contributed by atoms with E-state index in [4.69, 9.17) is 5.73 Å². The van der Waals surface area contributed by atoms with Crippen molar-refractivity contribution >= 4 is 17.1 Å². The van der Waals surface area contributed by atoms with Crippen LogP contribution in [0.15, 0.2) is 36.4 Å². The Labute approximate surface area is 98.1 Å². The van der Waals surface area contributed by atoms with Crippen molar-refractivity contribution in [2.75, 3.05) is 11.1 Å². The lowest BCUT2D eigenvalue weighted by molar-refractivity contribution is 0.591. The highest BCUT2D eigenvalue weighted by molar-refractivity contribution is 5.73.